The second kappa shape index (κ2) is 6.27. The number of phenolic OH excluding ortho intramolecular Hbond substituents is 1. The highest BCUT2D eigenvalue weighted by molar-refractivity contribution is 9.11. The number of phenols is 1. The van der Waals surface area contributed by atoms with Crippen molar-refractivity contribution in [2.75, 3.05) is 6.26 Å². The standard InChI is InChI=1S/C9H9Br2N3OS/c1-16-9(12)14-13-4-5-2-6(10)3-7(11)8(5)15/h2-4,15H,1H3,(H2,12,14)/b13-4-. The van der Waals surface area contributed by atoms with E-state index >= 15 is 0 Å². The lowest BCUT2D eigenvalue weighted by molar-refractivity contribution is 0.471. The molecule has 16 heavy (non-hydrogen) atoms. The van der Waals surface area contributed by atoms with E-state index < -0.39 is 0 Å². The number of rotatable bonds is 2. The normalized spacial score (nSPS) is 12.3. The van der Waals surface area contributed by atoms with Crippen LogP contribution in [-0.4, -0.2) is 22.7 Å². The van der Waals surface area contributed by atoms with Gasteiger partial charge in [0.25, 0.3) is 0 Å². The van der Waals surface area contributed by atoms with E-state index in [9.17, 15) is 5.11 Å². The number of amidine groups is 1. The van der Waals surface area contributed by atoms with Crippen molar-refractivity contribution in [2.24, 2.45) is 15.9 Å². The second-order valence-electron chi connectivity index (χ2n) is 2.71. The van der Waals surface area contributed by atoms with Gasteiger partial charge < -0.3 is 10.8 Å². The molecule has 3 N–H and O–H groups in total. The van der Waals surface area contributed by atoms with Crippen molar-refractivity contribution in [1.29, 1.82) is 0 Å². The fraction of sp³-hybridized carbons (Fsp3) is 0.111. The summed E-state index contributed by atoms with van der Waals surface area (Å²) >= 11 is 7.84. The summed E-state index contributed by atoms with van der Waals surface area (Å²) in [5, 5.41) is 17.6. The highest BCUT2D eigenvalue weighted by Crippen LogP contribution is 2.30. The molecule has 0 radical (unpaired) electrons. The van der Waals surface area contributed by atoms with Crippen LogP contribution in [0.25, 0.3) is 0 Å². The molecule has 86 valence electrons. The fourth-order valence-corrected chi connectivity index (χ4v) is 2.26. The van der Waals surface area contributed by atoms with Gasteiger partial charge in [0.2, 0.25) is 0 Å². The maximum atomic E-state index is 9.70. The van der Waals surface area contributed by atoms with Crippen molar-refractivity contribution in [3.05, 3.63) is 26.6 Å². The molecule has 1 aromatic rings. The average molecular weight is 367 g/mol. The minimum atomic E-state index is 0.116. The van der Waals surface area contributed by atoms with Crippen molar-refractivity contribution in [1.82, 2.24) is 0 Å². The summed E-state index contributed by atoms with van der Waals surface area (Å²) in [5.41, 5.74) is 6.01. The van der Waals surface area contributed by atoms with Gasteiger partial charge in [-0.05, 0) is 34.3 Å². The number of benzene rings is 1. The summed E-state index contributed by atoms with van der Waals surface area (Å²) in [4.78, 5) is 0. The zero-order valence-electron chi connectivity index (χ0n) is 8.32. The summed E-state index contributed by atoms with van der Waals surface area (Å²) in [6, 6.07) is 3.47. The first-order chi connectivity index (χ1) is 7.54. The van der Waals surface area contributed by atoms with E-state index in [0.717, 1.165) is 4.47 Å². The van der Waals surface area contributed by atoms with Crippen LogP contribution in [-0.2, 0) is 0 Å². The highest BCUT2D eigenvalue weighted by Gasteiger charge is 2.04. The van der Waals surface area contributed by atoms with Gasteiger partial charge in [-0.1, -0.05) is 27.7 Å². The molecular weight excluding hydrogens is 358 g/mol. The molecule has 0 saturated heterocycles. The van der Waals surface area contributed by atoms with Crippen LogP contribution in [0.1, 0.15) is 5.56 Å². The summed E-state index contributed by atoms with van der Waals surface area (Å²) in [6.07, 6.45) is 3.25. The lowest BCUT2D eigenvalue weighted by Crippen LogP contribution is -2.03. The van der Waals surface area contributed by atoms with Gasteiger partial charge in [-0.2, -0.15) is 5.10 Å². The van der Waals surface area contributed by atoms with Gasteiger partial charge in [0, 0.05) is 10.0 Å². The third kappa shape index (κ3) is 3.80. The molecule has 0 aromatic heterocycles. The smallest absolute Gasteiger partial charge is 0.180 e. The molecule has 0 unspecified atom stereocenters. The molecule has 0 fully saturated rings. The quantitative estimate of drug-likeness (QED) is 0.480. The first-order valence-corrected chi connectivity index (χ1v) is 6.94. The van der Waals surface area contributed by atoms with Gasteiger partial charge in [-0.15, -0.1) is 5.10 Å². The molecule has 1 rings (SSSR count). The van der Waals surface area contributed by atoms with Crippen LogP contribution in [0.5, 0.6) is 5.75 Å². The summed E-state index contributed by atoms with van der Waals surface area (Å²) < 4.78 is 1.42. The minimum Gasteiger partial charge on any atom is -0.506 e. The first kappa shape index (κ1) is 13.5. The Morgan fingerprint density at radius 2 is 2.19 bits per heavy atom. The van der Waals surface area contributed by atoms with Crippen LogP contribution in [0, 0.1) is 0 Å². The maximum Gasteiger partial charge on any atom is 0.180 e. The van der Waals surface area contributed by atoms with E-state index in [-0.39, 0.29) is 5.75 Å². The molecular formula is C9H9Br2N3OS. The van der Waals surface area contributed by atoms with Crippen molar-refractivity contribution < 1.29 is 5.11 Å². The predicted molar refractivity (Wildman–Crippen MR) is 76.2 cm³/mol. The Hall–Kier alpha value is -0.530. The van der Waals surface area contributed by atoms with Crippen molar-refractivity contribution >= 4 is 55.0 Å². The van der Waals surface area contributed by atoms with Gasteiger partial charge in [-0.25, -0.2) is 0 Å². The van der Waals surface area contributed by atoms with Crippen LogP contribution in [0.2, 0.25) is 0 Å². The third-order valence-electron chi connectivity index (χ3n) is 1.62. The Morgan fingerprint density at radius 3 is 2.81 bits per heavy atom. The molecule has 0 spiro atoms. The lowest BCUT2D eigenvalue weighted by atomic mass is 10.2. The van der Waals surface area contributed by atoms with Crippen LogP contribution in [0.3, 0.4) is 0 Å². The number of halogens is 2. The van der Waals surface area contributed by atoms with E-state index in [0.29, 0.717) is 15.2 Å². The molecule has 0 aliphatic rings. The number of aromatic hydroxyl groups is 1. The second-order valence-corrected chi connectivity index (χ2v) is 5.31. The predicted octanol–water partition coefficient (Wildman–Crippen LogP) is 2.93. The van der Waals surface area contributed by atoms with Crippen molar-refractivity contribution in [3.8, 4) is 5.75 Å². The van der Waals surface area contributed by atoms with E-state index in [1.165, 1.54) is 18.0 Å². The SMILES string of the molecule is CS/C(N)=N\N=C/c1cc(Br)cc(Br)c1O. The highest BCUT2D eigenvalue weighted by atomic mass is 79.9. The van der Waals surface area contributed by atoms with Gasteiger partial charge >= 0.3 is 0 Å². The monoisotopic (exact) mass is 365 g/mol. The van der Waals surface area contributed by atoms with Crippen molar-refractivity contribution in [3.63, 3.8) is 0 Å². The molecule has 0 aliphatic carbocycles. The number of hydrogen-bond acceptors (Lipinski definition) is 4. The molecule has 0 heterocycles. The molecule has 0 bridgehead atoms. The molecule has 4 nitrogen and oxygen atoms in total. The van der Waals surface area contributed by atoms with Gasteiger partial charge in [0.05, 0.1) is 10.7 Å². The van der Waals surface area contributed by atoms with Crippen LogP contribution < -0.4 is 5.73 Å². The molecule has 0 atom stereocenters. The van der Waals surface area contributed by atoms with E-state index in [1.807, 2.05) is 6.26 Å². The van der Waals surface area contributed by atoms with Crippen LogP contribution in [0.4, 0.5) is 0 Å². The summed E-state index contributed by atoms with van der Waals surface area (Å²) in [5.74, 6) is 0.116. The van der Waals surface area contributed by atoms with Gasteiger partial charge in [0.15, 0.2) is 5.17 Å². The number of nitrogens with two attached hydrogens (primary N) is 1. The molecule has 0 aliphatic heterocycles. The van der Waals surface area contributed by atoms with Gasteiger partial charge in [-0.3, -0.25) is 0 Å². The molecule has 1 aromatic carbocycles. The number of nitrogens with zero attached hydrogens (tertiary/aromatic N) is 2. The Balaban J connectivity index is 2.97. The molecule has 0 amide bonds. The zero-order chi connectivity index (χ0) is 12.1. The maximum absolute atomic E-state index is 9.70. The molecule has 0 saturated carbocycles. The lowest BCUT2D eigenvalue weighted by Gasteiger charge is -2.01. The van der Waals surface area contributed by atoms with E-state index in [1.54, 1.807) is 12.1 Å². The average Bonchev–Trinajstić information content (AvgIpc) is 2.24. The summed E-state index contributed by atoms with van der Waals surface area (Å²) in [7, 11) is 0. The Labute approximate surface area is 114 Å². The van der Waals surface area contributed by atoms with E-state index in [4.69, 9.17) is 5.73 Å². The van der Waals surface area contributed by atoms with Crippen molar-refractivity contribution in [2.45, 2.75) is 0 Å². The van der Waals surface area contributed by atoms with E-state index in [2.05, 4.69) is 42.1 Å². The van der Waals surface area contributed by atoms with Gasteiger partial charge in [0.1, 0.15) is 5.75 Å². The zero-order valence-corrected chi connectivity index (χ0v) is 12.3. The third-order valence-corrected chi connectivity index (χ3v) is 3.18. The largest absolute Gasteiger partial charge is 0.506 e. The summed E-state index contributed by atoms with van der Waals surface area (Å²) in [6.45, 7) is 0. The number of thioether (sulfide) groups is 1. The minimum absolute atomic E-state index is 0.116. The fourth-order valence-electron chi connectivity index (χ4n) is 0.873. The molecule has 7 heteroatoms. The first-order valence-electron chi connectivity index (χ1n) is 4.13. The Morgan fingerprint density at radius 1 is 1.50 bits per heavy atom. The van der Waals surface area contributed by atoms with Crippen LogP contribution in [0.15, 0.2) is 31.3 Å². The Kier molecular flexibility index (Phi) is 5.30. The number of hydrogen-bond donors (Lipinski definition) is 2. The van der Waals surface area contributed by atoms with Crippen LogP contribution >= 0.6 is 43.6 Å². The Bertz CT molecular complexity index is 449. The topological polar surface area (TPSA) is 71.0 Å².